The van der Waals surface area contributed by atoms with E-state index >= 15 is 0 Å². The standard InChI is InChI=1S/C11H16N2O2.C2H6/c14-10-11(15)13(7-3-1-4-7)9-6-2-5-8(9)12-10;1-2/h7-9H,1-6H2,(H,12,14);1-2H3. The number of nitrogens with zero attached hydrogens (tertiary/aromatic N) is 1. The van der Waals surface area contributed by atoms with Crippen molar-refractivity contribution in [1.29, 1.82) is 0 Å². The summed E-state index contributed by atoms with van der Waals surface area (Å²) < 4.78 is 0. The molecule has 1 N–H and O–H groups in total. The number of carbonyl (C=O) groups is 2. The van der Waals surface area contributed by atoms with Crippen molar-refractivity contribution in [3.8, 4) is 0 Å². The molecular formula is C13H22N2O2. The zero-order valence-electron chi connectivity index (χ0n) is 10.7. The lowest BCUT2D eigenvalue weighted by Gasteiger charge is -2.45. The van der Waals surface area contributed by atoms with E-state index in [9.17, 15) is 9.59 Å². The Morgan fingerprint density at radius 2 is 1.71 bits per heavy atom. The van der Waals surface area contributed by atoms with E-state index in [0.717, 1.165) is 32.1 Å². The van der Waals surface area contributed by atoms with Gasteiger partial charge in [0, 0.05) is 12.1 Å². The van der Waals surface area contributed by atoms with Crippen LogP contribution in [0.2, 0.25) is 0 Å². The molecule has 3 fully saturated rings. The van der Waals surface area contributed by atoms with E-state index in [-0.39, 0.29) is 17.9 Å². The molecule has 3 aliphatic rings. The fourth-order valence-electron chi connectivity index (χ4n) is 3.04. The van der Waals surface area contributed by atoms with Gasteiger partial charge in [0.05, 0.1) is 6.04 Å². The van der Waals surface area contributed by atoms with Crippen LogP contribution in [-0.4, -0.2) is 34.8 Å². The molecule has 1 aliphatic heterocycles. The Labute approximate surface area is 103 Å². The van der Waals surface area contributed by atoms with Gasteiger partial charge in [-0.3, -0.25) is 9.59 Å². The van der Waals surface area contributed by atoms with Gasteiger partial charge in [0.25, 0.3) is 0 Å². The number of hydrogen-bond donors (Lipinski definition) is 1. The highest BCUT2D eigenvalue weighted by Gasteiger charge is 2.46. The summed E-state index contributed by atoms with van der Waals surface area (Å²) in [4.78, 5) is 25.2. The fourth-order valence-corrected chi connectivity index (χ4v) is 3.04. The van der Waals surface area contributed by atoms with Gasteiger partial charge in [-0.25, -0.2) is 0 Å². The number of hydrogen-bond acceptors (Lipinski definition) is 2. The molecule has 2 amide bonds. The molecule has 0 spiro atoms. The molecular weight excluding hydrogens is 216 g/mol. The molecule has 0 aromatic heterocycles. The van der Waals surface area contributed by atoms with Crippen LogP contribution >= 0.6 is 0 Å². The SMILES string of the molecule is CC.O=C1NC2CCCC2N(C2CCC2)C1=O. The quantitative estimate of drug-likeness (QED) is 0.703. The molecule has 2 atom stereocenters. The summed E-state index contributed by atoms with van der Waals surface area (Å²) in [5.74, 6) is -0.673. The van der Waals surface area contributed by atoms with E-state index in [4.69, 9.17) is 0 Å². The lowest BCUT2D eigenvalue weighted by molar-refractivity contribution is -0.155. The molecule has 2 saturated carbocycles. The van der Waals surface area contributed by atoms with Gasteiger partial charge in [0.2, 0.25) is 0 Å². The highest BCUT2D eigenvalue weighted by atomic mass is 16.2. The van der Waals surface area contributed by atoms with Crippen LogP contribution < -0.4 is 5.32 Å². The van der Waals surface area contributed by atoms with Crippen molar-refractivity contribution >= 4 is 11.8 Å². The Bertz CT molecular complexity index is 313. The average Bonchev–Trinajstić information content (AvgIpc) is 2.72. The second-order valence-electron chi connectivity index (χ2n) is 4.88. The first-order valence-corrected chi connectivity index (χ1v) is 6.90. The van der Waals surface area contributed by atoms with Gasteiger partial charge in [0.1, 0.15) is 0 Å². The van der Waals surface area contributed by atoms with Crippen molar-refractivity contribution in [2.75, 3.05) is 0 Å². The van der Waals surface area contributed by atoms with E-state index in [0.29, 0.717) is 12.1 Å². The van der Waals surface area contributed by atoms with E-state index in [1.807, 2.05) is 18.7 Å². The third-order valence-corrected chi connectivity index (χ3v) is 4.05. The summed E-state index contributed by atoms with van der Waals surface area (Å²) in [6.45, 7) is 4.00. The Kier molecular flexibility index (Phi) is 3.69. The molecule has 17 heavy (non-hydrogen) atoms. The summed E-state index contributed by atoms with van der Waals surface area (Å²) in [6, 6.07) is 0.880. The number of carbonyl (C=O) groups excluding carboxylic acids is 2. The van der Waals surface area contributed by atoms with Gasteiger partial charge in [-0.05, 0) is 38.5 Å². The lowest BCUT2D eigenvalue weighted by atomic mass is 9.88. The maximum absolute atomic E-state index is 11.8. The zero-order chi connectivity index (χ0) is 12.4. The summed E-state index contributed by atoms with van der Waals surface area (Å²) in [6.07, 6.45) is 6.60. The minimum absolute atomic E-state index is 0.232. The second-order valence-corrected chi connectivity index (χ2v) is 4.88. The van der Waals surface area contributed by atoms with E-state index in [1.165, 1.54) is 6.42 Å². The molecule has 2 aliphatic carbocycles. The smallest absolute Gasteiger partial charge is 0.312 e. The van der Waals surface area contributed by atoms with Crippen LogP contribution in [0.1, 0.15) is 52.4 Å². The number of amides is 2. The number of rotatable bonds is 1. The van der Waals surface area contributed by atoms with Crippen molar-refractivity contribution in [2.45, 2.75) is 70.5 Å². The third-order valence-electron chi connectivity index (χ3n) is 4.05. The maximum atomic E-state index is 11.8. The first-order chi connectivity index (χ1) is 8.27. The first kappa shape index (κ1) is 12.4. The van der Waals surface area contributed by atoms with Gasteiger partial charge in [0.15, 0.2) is 0 Å². The largest absolute Gasteiger partial charge is 0.343 e. The van der Waals surface area contributed by atoms with Gasteiger partial charge in [-0.15, -0.1) is 0 Å². The lowest BCUT2D eigenvalue weighted by Crippen LogP contribution is -2.65. The predicted molar refractivity (Wildman–Crippen MR) is 65.4 cm³/mol. The number of piperazine rings is 1. The molecule has 1 heterocycles. The van der Waals surface area contributed by atoms with Crippen molar-refractivity contribution in [3.05, 3.63) is 0 Å². The highest BCUT2D eigenvalue weighted by Crippen LogP contribution is 2.34. The van der Waals surface area contributed by atoms with Crippen molar-refractivity contribution < 1.29 is 9.59 Å². The van der Waals surface area contributed by atoms with Gasteiger partial charge < -0.3 is 10.2 Å². The van der Waals surface area contributed by atoms with E-state index in [2.05, 4.69) is 5.32 Å². The highest BCUT2D eigenvalue weighted by molar-refractivity contribution is 6.35. The van der Waals surface area contributed by atoms with Crippen LogP contribution in [0.15, 0.2) is 0 Å². The van der Waals surface area contributed by atoms with Crippen molar-refractivity contribution in [3.63, 3.8) is 0 Å². The zero-order valence-corrected chi connectivity index (χ0v) is 10.7. The van der Waals surface area contributed by atoms with Gasteiger partial charge >= 0.3 is 11.8 Å². The number of nitrogens with one attached hydrogen (secondary N) is 1. The molecule has 4 nitrogen and oxygen atoms in total. The van der Waals surface area contributed by atoms with Crippen molar-refractivity contribution in [2.24, 2.45) is 0 Å². The summed E-state index contributed by atoms with van der Waals surface area (Å²) in [5.41, 5.74) is 0. The van der Waals surface area contributed by atoms with Crippen LogP contribution in [0.4, 0.5) is 0 Å². The summed E-state index contributed by atoms with van der Waals surface area (Å²) in [5, 5.41) is 2.83. The van der Waals surface area contributed by atoms with Crippen LogP contribution in [-0.2, 0) is 9.59 Å². The maximum Gasteiger partial charge on any atom is 0.312 e. The molecule has 0 radical (unpaired) electrons. The average molecular weight is 238 g/mol. The van der Waals surface area contributed by atoms with Crippen LogP contribution in [0.25, 0.3) is 0 Å². The fraction of sp³-hybridized carbons (Fsp3) is 0.846. The molecule has 0 bridgehead atoms. The van der Waals surface area contributed by atoms with Crippen LogP contribution in [0, 0.1) is 0 Å². The molecule has 3 rings (SSSR count). The van der Waals surface area contributed by atoms with E-state index < -0.39 is 0 Å². The Morgan fingerprint density at radius 3 is 2.29 bits per heavy atom. The van der Waals surface area contributed by atoms with Crippen molar-refractivity contribution in [1.82, 2.24) is 10.2 Å². The summed E-state index contributed by atoms with van der Waals surface area (Å²) >= 11 is 0. The Hall–Kier alpha value is -1.06. The summed E-state index contributed by atoms with van der Waals surface area (Å²) in [7, 11) is 0. The topological polar surface area (TPSA) is 49.4 Å². The Balaban J connectivity index is 0.000000514. The molecule has 2 unspecified atom stereocenters. The van der Waals surface area contributed by atoms with Gasteiger partial charge in [-0.2, -0.15) is 0 Å². The third kappa shape index (κ3) is 2.05. The molecule has 0 aromatic rings. The molecule has 1 saturated heterocycles. The number of fused-ring (bicyclic) bond motifs is 1. The minimum atomic E-state index is -0.384. The molecule has 0 aromatic carbocycles. The van der Waals surface area contributed by atoms with Crippen LogP contribution in [0.3, 0.4) is 0 Å². The van der Waals surface area contributed by atoms with E-state index in [1.54, 1.807) is 0 Å². The normalized spacial score (nSPS) is 32.2. The first-order valence-electron chi connectivity index (χ1n) is 6.90. The monoisotopic (exact) mass is 238 g/mol. The molecule has 4 heteroatoms. The minimum Gasteiger partial charge on any atom is -0.343 e. The van der Waals surface area contributed by atoms with Gasteiger partial charge in [-0.1, -0.05) is 13.8 Å². The Morgan fingerprint density at radius 1 is 1.06 bits per heavy atom. The molecule has 96 valence electrons. The predicted octanol–water partition coefficient (Wildman–Crippen LogP) is 1.44. The van der Waals surface area contributed by atoms with Crippen LogP contribution in [0.5, 0.6) is 0 Å². The second kappa shape index (κ2) is 5.07.